The summed E-state index contributed by atoms with van der Waals surface area (Å²) in [5.74, 6) is 1.94. The molecule has 4 rings (SSSR count). The van der Waals surface area contributed by atoms with Gasteiger partial charge in [0.15, 0.2) is 11.6 Å². The van der Waals surface area contributed by atoms with Crippen LogP contribution in [0.15, 0.2) is 95.4 Å². The van der Waals surface area contributed by atoms with Crippen LogP contribution >= 0.6 is 0 Å². The highest BCUT2D eigenvalue weighted by Crippen LogP contribution is 2.27. The van der Waals surface area contributed by atoms with E-state index in [1.54, 1.807) is 31.2 Å². The first kappa shape index (κ1) is 25.2. The van der Waals surface area contributed by atoms with E-state index in [4.69, 9.17) is 21.0 Å². The average Bonchev–Trinajstić information content (AvgIpc) is 3.57. The van der Waals surface area contributed by atoms with Gasteiger partial charge in [-0.15, -0.1) is 0 Å². The second kappa shape index (κ2) is 11.3. The third kappa shape index (κ3) is 6.04. The predicted molar refractivity (Wildman–Crippen MR) is 144 cm³/mol. The molecule has 0 unspecified atom stereocenters. The van der Waals surface area contributed by atoms with Crippen molar-refractivity contribution in [1.29, 1.82) is 0 Å². The maximum Gasteiger partial charge on any atom is 0.260 e. The van der Waals surface area contributed by atoms with Crippen molar-refractivity contribution in [3.05, 3.63) is 96.6 Å². The zero-order chi connectivity index (χ0) is 26.4. The number of aromatic nitrogens is 2. The molecule has 190 valence electrons. The SMILES string of the molecule is C=CC=N/C(Oc1ccc(C(=O)c2nc3ccccc3[nH]2)cc1)=C(\N)N1CC[C@@H](C(=C)O/N=C(/C)N)C1. The highest BCUT2D eigenvalue weighted by Gasteiger charge is 2.28. The van der Waals surface area contributed by atoms with E-state index in [0.29, 0.717) is 41.8 Å². The maximum atomic E-state index is 12.9. The monoisotopic (exact) mass is 499 g/mol. The third-order valence-electron chi connectivity index (χ3n) is 5.74. The summed E-state index contributed by atoms with van der Waals surface area (Å²) in [5, 5.41) is 3.76. The summed E-state index contributed by atoms with van der Waals surface area (Å²) in [4.78, 5) is 31.9. The summed E-state index contributed by atoms with van der Waals surface area (Å²) in [7, 11) is 0. The van der Waals surface area contributed by atoms with E-state index in [1.807, 2.05) is 29.2 Å². The lowest BCUT2D eigenvalue weighted by Crippen LogP contribution is -2.28. The number of aliphatic imine (C=N–C) groups is 1. The van der Waals surface area contributed by atoms with Crippen LogP contribution in [0.1, 0.15) is 29.5 Å². The van der Waals surface area contributed by atoms with Crippen molar-refractivity contribution in [1.82, 2.24) is 14.9 Å². The van der Waals surface area contributed by atoms with Crippen LogP contribution in [0.4, 0.5) is 0 Å². The number of H-pyrrole nitrogens is 1. The first-order valence-electron chi connectivity index (χ1n) is 11.7. The van der Waals surface area contributed by atoms with Gasteiger partial charge in [-0.2, -0.15) is 0 Å². The Morgan fingerprint density at radius 2 is 1.97 bits per heavy atom. The lowest BCUT2D eigenvalue weighted by Gasteiger charge is -2.20. The minimum absolute atomic E-state index is 0.0230. The van der Waals surface area contributed by atoms with Crippen molar-refractivity contribution in [3.8, 4) is 5.75 Å². The standard InChI is InChI=1S/C27H29N7O3/c1-4-14-30-27(25(29)34-15-13-20(16-34)17(2)37-33-18(3)28)36-21-11-9-19(10-12-21)24(35)26-31-22-7-5-6-8-23(22)32-26/h4-12,14,20H,1-2,13,15-16,29H2,3H3,(H2,28,33)(H,31,32)/b27-25-,30-14?/t20-/m1/s1. The minimum atomic E-state index is -0.220. The summed E-state index contributed by atoms with van der Waals surface area (Å²) < 4.78 is 5.99. The molecule has 2 aromatic carbocycles. The molecule has 1 atom stereocenters. The second-order valence-corrected chi connectivity index (χ2v) is 8.48. The number of hydrogen-bond donors (Lipinski definition) is 3. The molecular formula is C27H29N7O3. The summed E-state index contributed by atoms with van der Waals surface area (Å²) >= 11 is 0. The first-order valence-corrected chi connectivity index (χ1v) is 11.7. The normalized spacial score (nSPS) is 16.6. The van der Waals surface area contributed by atoms with E-state index in [1.165, 1.54) is 12.3 Å². The van der Waals surface area contributed by atoms with Crippen molar-refractivity contribution in [3.63, 3.8) is 0 Å². The van der Waals surface area contributed by atoms with Crippen LogP contribution in [-0.2, 0) is 4.84 Å². The summed E-state index contributed by atoms with van der Waals surface area (Å²) in [6.07, 6.45) is 3.80. The predicted octanol–water partition coefficient (Wildman–Crippen LogP) is 3.66. The number of nitrogens with one attached hydrogen (secondary N) is 1. The summed E-state index contributed by atoms with van der Waals surface area (Å²) in [5.41, 5.74) is 14.0. The minimum Gasteiger partial charge on any atom is -0.436 e. The molecular weight excluding hydrogens is 470 g/mol. The number of allylic oxidation sites excluding steroid dienone is 1. The number of carbonyl (C=O) groups excluding carboxylic acids is 1. The largest absolute Gasteiger partial charge is 0.436 e. The van der Waals surface area contributed by atoms with Crippen LogP contribution in [-0.4, -0.2) is 45.8 Å². The number of oxime groups is 1. The molecule has 0 amide bonds. The van der Waals surface area contributed by atoms with Crippen LogP contribution < -0.4 is 16.2 Å². The number of nitrogens with zero attached hydrogens (tertiary/aromatic N) is 4. The Hall–Kier alpha value is -4.86. The summed E-state index contributed by atoms with van der Waals surface area (Å²) in [6.45, 7) is 10.5. The van der Waals surface area contributed by atoms with Gasteiger partial charge in [-0.25, -0.2) is 9.98 Å². The molecule has 0 bridgehead atoms. The van der Waals surface area contributed by atoms with Gasteiger partial charge in [-0.05, 0) is 49.7 Å². The molecule has 3 aromatic rings. The van der Waals surface area contributed by atoms with Crippen molar-refractivity contribution in [2.24, 2.45) is 27.5 Å². The maximum absolute atomic E-state index is 12.9. The smallest absolute Gasteiger partial charge is 0.260 e. The number of likely N-dealkylation sites (tertiary alicyclic amines) is 1. The number of ether oxygens (including phenoxy) is 1. The Bertz CT molecular complexity index is 1370. The zero-order valence-corrected chi connectivity index (χ0v) is 20.6. The van der Waals surface area contributed by atoms with Crippen LogP contribution in [0.2, 0.25) is 0 Å². The van der Waals surface area contributed by atoms with E-state index < -0.39 is 0 Å². The number of hydrogen-bond acceptors (Lipinski definition) is 8. The molecule has 1 saturated heterocycles. The Balaban J connectivity index is 1.48. The van der Waals surface area contributed by atoms with Gasteiger partial charge >= 0.3 is 0 Å². The average molecular weight is 500 g/mol. The van der Waals surface area contributed by atoms with E-state index in [-0.39, 0.29) is 23.4 Å². The Labute approximate surface area is 214 Å². The van der Waals surface area contributed by atoms with Gasteiger partial charge in [-0.3, -0.25) is 4.79 Å². The van der Waals surface area contributed by atoms with Crippen molar-refractivity contribution in [2.75, 3.05) is 13.1 Å². The molecule has 1 aliphatic heterocycles. The third-order valence-corrected chi connectivity index (χ3v) is 5.74. The Morgan fingerprint density at radius 3 is 2.68 bits per heavy atom. The Morgan fingerprint density at radius 1 is 1.22 bits per heavy atom. The number of para-hydroxylation sites is 2. The van der Waals surface area contributed by atoms with Gasteiger partial charge in [0.1, 0.15) is 17.3 Å². The molecule has 5 N–H and O–H groups in total. The molecule has 1 fully saturated rings. The number of benzene rings is 2. The fraction of sp³-hybridized carbons (Fsp3) is 0.185. The van der Waals surface area contributed by atoms with Gasteiger partial charge in [-0.1, -0.05) is 36.5 Å². The molecule has 1 aromatic heterocycles. The van der Waals surface area contributed by atoms with Gasteiger partial charge in [0.25, 0.3) is 5.88 Å². The van der Waals surface area contributed by atoms with Gasteiger partial charge in [0.05, 0.1) is 11.0 Å². The fourth-order valence-electron chi connectivity index (χ4n) is 3.83. The molecule has 10 nitrogen and oxygen atoms in total. The lowest BCUT2D eigenvalue weighted by molar-refractivity contribution is 0.103. The molecule has 37 heavy (non-hydrogen) atoms. The number of fused-ring (bicyclic) bond motifs is 1. The number of carbonyl (C=O) groups is 1. The molecule has 0 aliphatic carbocycles. The molecule has 0 saturated carbocycles. The zero-order valence-electron chi connectivity index (χ0n) is 20.6. The number of imidazole rings is 1. The fourth-order valence-corrected chi connectivity index (χ4v) is 3.83. The van der Waals surface area contributed by atoms with Crippen LogP contribution in [0, 0.1) is 5.92 Å². The number of ketones is 1. The van der Waals surface area contributed by atoms with Crippen molar-refractivity contribution < 1.29 is 14.4 Å². The lowest BCUT2D eigenvalue weighted by atomic mass is 10.1. The Kier molecular flexibility index (Phi) is 7.68. The van der Waals surface area contributed by atoms with Gasteiger partial charge in [0.2, 0.25) is 5.78 Å². The van der Waals surface area contributed by atoms with Crippen LogP contribution in [0.25, 0.3) is 11.0 Å². The van der Waals surface area contributed by atoms with E-state index >= 15 is 0 Å². The number of amidine groups is 1. The first-order chi connectivity index (χ1) is 17.9. The van der Waals surface area contributed by atoms with Crippen LogP contribution in [0.3, 0.4) is 0 Å². The van der Waals surface area contributed by atoms with Gasteiger partial charge < -0.3 is 30.9 Å². The highest BCUT2D eigenvalue weighted by atomic mass is 16.6. The number of aromatic amines is 1. The van der Waals surface area contributed by atoms with Crippen LogP contribution in [0.5, 0.6) is 5.75 Å². The van der Waals surface area contributed by atoms with Crippen molar-refractivity contribution in [2.45, 2.75) is 13.3 Å². The quantitative estimate of drug-likeness (QED) is 0.127. The number of nitrogens with two attached hydrogens (primary N) is 2. The highest BCUT2D eigenvalue weighted by molar-refractivity contribution is 6.08. The molecule has 0 spiro atoms. The van der Waals surface area contributed by atoms with E-state index in [9.17, 15) is 4.79 Å². The topological polar surface area (TPSA) is 144 Å². The van der Waals surface area contributed by atoms with E-state index in [0.717, 1.165) is 17.5 Å². The molecule has 2 heterocycles. The van der Waals surface area contributed by atoms with Gasteiger partial charge in [0, 0.05) is 30.8 Å². The molecule has 10 heteroatoms. The number of rotatable bonds is 10. The van der Waals surface area contributed by atoms with Crippen molar-refractivity contribution >= 4 is 28.9 Å². The molecule has 0 radical (unpaired) electrons. The summed E-state index contributed by atoms with van der Waals surface area (Å²) in [6, 6.07) is 14.2. The second-order valence-electron chi connectivity index (χ2n) is 8.48. The molecule has 1 aliphatic rings. The van der Waals surface area contributed by atoms with E-state index in [2.05, 4.69) is 33.3 Å².